The molecule has 1 heterocycles. The first kappa shape index (κ1) is 11.1. The van der Waals surface area contributed by atoms with Crippen LogP contribution in [0.1, 0.15) is 12.8 Å². The van der Waals surface area contributed by atoms with E-state index < -0.39 is 0 Å². The topological polar surface area (TPSA) is 53.1 Å². The molecule has 1 fully saturated rings. The maximum absolute atomic E-state index is 5.98. The lowest BCUT2D eigenvalue weighted by Crippen LogP contribution is -1.99. The van der Waals surface area contributed by atoms with E-state index in [1.165, 1.54) is 12.8 Å². The number of nitrogen functional groups attached to an aromatic ring is 1. The van der Waals surface area contributed by atoms with E-state index in [9.17, 15) is 0 Å². The number of aryl methyl sites for hydroxylation is 1. The van der Waals surface area contributed by atoms with Crippen molar-refractivity contribution in [2.75, 3.05) is 12.3 Å². The van der Waals surface area contributed by atoms with Crippen LogP contribution in [-0.4, -0.2) is 16.4 Å². The van der Waals surface area contributed by atoms with E-state index >= 15 is 0 Å². The number of nitrogens with zero attached hydrogens (tertiary/aromatic N) is 2. The molecule has 0 unspecified atom stereocenters. The first-order valence-corrected chi connectivity index (χ1v) is 6.25. The zero-order valence-electron chi connectivity index (χ0n) is 10.5. The molecular weight excluding hydrogens is 226 g/mol. The maximum atomic E-state index is 5.98. The summed E-state index contributed by atoms with van der Waals surface area (Å²) < 4.78 is 7.44. The molecule has 0 radical (unpaired) electrons. The van der Waals surface area contributed by atoms with Crippen LogP contribution >= 0.6 is 0 Å². The second-order valence-corrected chi connectivity index (χ2v) is 4.85. The number of benzene rings is 1. The van der Waals surface area contributed by atoms with Crippen LogP contribution in [0.5, 0.6) is 5.75 Å². The number of anilines is 1. The molecule has 94 valence electrons. The Morgan fingerprint density at radius 3 is 2.94 bits per heavy atom. The summed E-state index contributed by atoms with van der Waals surface area (Å²) in [6.45, 7) is 0.825. The van der Waals surface area contributed by atoms with Crippen molar-refractivity contribution in [2.24, 2.45) is 13.0 Å². The average molecular weight is 243 g/mol. The molecular formula is C14H17N3O. The summed E-state index contributed by atoms with van der Waals surface area (Å²) >= 11 is 0. The fourth-order valence-electron chi connectivity index (χ4n) is 1.92. The molecule has 0 amide bonds. The van der Waals surface area contributed by atoms with Gasteiger partial charge in [-0.25, -0.2) is 0 Å². The highest BCUT2D eigenvalue weighted by molar-refractivity contribution is 5.74. The Morgan fingerprint density at radius 1 is 1.44 bits per heavy atom. The molecule has 1 saturated carbocycles. The molecule has 0 aliphatic heterocycles. The van der Waals surface area contributed by atoms with Crippen molar-refractivity contribution in [3.63, 3.8) is 0 Å². The Bertz CT molecular complexity index is 558. The number of aromatic nitrogens is 2. The lowest BCUT2D eigenvalue weighted by atomic mass is 10.1. The summed E-state index contributed by atoms with van der Waals surface area (Å²) in [5, 5.41) is 4.16. The first-order chi connectivity index (χ1) is 8.74. The molecule has 2 N–H and O–H groups in total. The molecule has 3 rings (SSSR count). The van der Waals surface area contributed by atoms with Gasteiger partial charge in [-0.15, -0.1) is 0 Å². The molecule has 0 spiro atoms. The van der Waals surface area contributed by atoms with Crippen LogP contribution in [0, 0.1) is 5.92 Å². The monoisotopic (exact) mass is 243 g/mol. The van der Waals surface area contributed by atoms with Gasteiger partial charge < -0.3 is 10.5 Å². The lowest BCUT2D eigenvalue weighted by molar-refractivity contribution is 0.300. The second kappa shape index (κ2) is 4.37. The predicted octanol–water partition coefficient (Wildman–Crippen LogP) is 2.46. The number of rotatable bonds is 4. The van der Waals surface area contributed by atoms with Gasteiger partial charge in [-0.1, -0.05) is 12.1 Å². The first-order valence-electron chi connectivity index (χ1n) is 6.25. The van der Waals surface area contributed by atoms with Crippen LogP contribution in [-0.2, 0) is 7.05 Å². The van der Waals surface area contributed by atoms with E-state index in [4.69, 9.17) is 10.5 Å². The maximum Gasteiger partial charge on any atom is 0.129 e. The summed E-state index contributed by atoms with van der Waals surface area (Å²) in [6, 6.07) is 8.02. The Balaban J connectivity index is 1.83. The van der Waals surface area contributed by atoms with Crippen molar-refractivity contribution >= 4 is 5.82 Å². The molecule has 1 aromatic heterocycles. The molecule has 1 aliphatic rings. The summed E-state index contributed by atoms with van der Waals surface area (Å²) in [6.07, 6.45) is 4.39. The summed E-state index contributed by atoms with van der Waals surface area (Å²) in [7, 11) is 1.84. The zero-order valence-corrected chi connectivity index (χ0v) is 10.5. The van der Waals surface area contributed by atoms with Gasteiger partial charge in [0.05, 0.1) is 12.8 Å². The molecule has 1 aliphatic carbocycles. The number of ether oxygens (including phenoxy) is 1. The lowest BCUT2D eigenvalue weighted by Gasteiger charge is -2.07. The second-order valence-electron chi connectivity index (χ2n) is 4.85. The minimum absolute atomic E-state index is 0.675. The van der Waals surface area contributed by atoms with Crippen LogP contribution in [0.4, 0.5) is 5.82 Å². The van der Waals surface area contributed by atoms with Gasteiger partial charge in [-0.05, 0) is 36.5 Å². The normalized spacial score (nSPS) is 14.7. The van der Waals surface area contributed by atoms with Gasteiger partial charge in [0, 0.05) is 12.6 Å². The van der Waals surface area contributed by atoms with Crippen LogP contribution in [0.15, 0.2) is 30.5 Å². The van der Waals surface area contributed by atoms with Crippen molar-refractivity contribution in [1.29, 1.82) is 0 Å². The fourth-order valence-corrected chi connectivity index (χ4v) is 1.92. The van der Waals surface area contributed by atoms with Crippen LogP contribution in [0.2, 0.25) is 0 Å². The van der Waals surface area contributed by atoms with E-state index in [0.29, 0.717) is 5.82 Å². The molecule has 0 atom stereocenters. The van der Waals surface area contributed by atoms with Crippen molar-refractivity contribution in [3.05, 3.63) is 30.5 Å². The Kier molecular flexibility index (Phi) is 2.70. The number of hydrogen-bond donors (Lipinski definition) is 1. The molecule has 4 heteroatoms. The van der Waals surface area contributed by atoms with Gasteiger partial charge in [0.15, 0.2) is 0 Å². The third-order valence-corrected chi connectivity index (χ3v) is 3.31. The van der Waals surface area contributed by atoms with Crippen LogP contribution < -0.4 is 10.5 Å². The van der Waals surface area contributed by atoms with Crippen LogP contribution in [0.3, 0.4) is 0 Å². The van der Waals surface area contributed by atoms with Gasteiger partial charge in [0.1, 0.15) is 11.6 Å². The minimum Gasteiger partial charge on any atom is -0.493 e. The Morgan fingerprint density at radius 2 is 2.28 bits per heavy atom. The van der Waals surface area contributed by atoms with E-state index in [1.54, 1.807) is 10.9 Å². The van der Waals surface area contributed by atoms with Gasteiger partial charge in [-0.2, -0.15) is 5.10 Å². The quantitative estimate of drug-likeness (QED) is 0.897. The molecule has 0 bridgehead atoms. The zero-order chi connectivity index (χ0) is 12.5. The van der Waals surface area contributed by atoms with E-state index in [1.807, 2.05) is 31.3 Å². The molecule has 18 heavy (non-hydrogen) atoms. The van der Waals surface area contributed by atoms with Crippen molar-refractivity contribution in [1.82, 2.24) is 9.78 Å². The van der Waals surface area contributed by atoms with Gasteiger partial charge >= 0.3 is 0 Å². The standard InChI is InChI=1S/C14H17N3O/c1-17-14(15)13(8-16-17)11-3-2-4-12(7-11)18-9-10-5-6-10/h2-4,7-8,10H,5-6,9,15H2,1H3. The highest BCUT2D eigenvalue weighted by atomic mass is 16.5. The Labute approximate surface area is 106 Å². The van der Waals surface area contributed by atoms with Gasteiger partial charge in [0.25, 0.3) is 0 Å². The SMILES string of the molecule is Cn1ncc(-c2cccc(OCC3CC3)c2)c1N. The van der Waals surface area contributed by atoms with Crippen LogP contribution in [0.25, 0.3) is 11.1 Å². The van der Waals surface area contributed by atoms with Gasteiger partial charge in [-0.3, -0.25) is 4.68 Å². The average Bonchev–Trinajstić information content (AvgIpc) is 3.15. The summed E-state index contributed by atoms with van der Waals surface area (Å²) in [4.78, 5) is 0. The molecule has 1 aromatic carbocycles. The Hall–Kier alpha value is -1.97. The minimum atomic E-state index is 0.675. The smallest absolute Gasteiger partial charge is 0.129 e. The molecule has 0 saturated heterocycles. The third-order valence-electron chi connectivity index (χ3n) is 3.31. The summed E-state index contributed by atoms with van der Waals surface area (Å²) in [5.74, 6) is 2.34. The van der Waals surface area contributed by atoms with Gasteiger partial charge in [0.2, 0.25) is 0 Å². The van der Waals surface area contributed by atoms with E-state index in [0.717, 1.165) is 29.4 Å². The number of hydrogen-bond acceptors (Lipinski definition) is 3. The summed E-state index contributed by atoms with van der Waals surface area (Å²) in [5.41, 5.74) is 7.98. The molecule has 4 nitrogen and oxygen atoms in total. The van der Waals surface area contributed by atoms with E-state index in [2.05, 4.69) is 5.10 Å². The van der Waals surface area contributed by atoms with Crippen molar-refractivity contribution < 1.29 is 4.74 Å². The van der Waals surface area contributed by atoms with E-state index in [-0.39, 0.29) is 0 Å². The fraction of sp³-hybridized carbons (Fsp3) is 0.357. The number of nitrogens with two attached hydrogens (primary N) is 1. The largest absolute Gasteiger partial charge is 0.493 e. The van der Waals surface area contributed by atoms with Crippen molar-refractivity contribution in [3.8, 4) is 16.9 Å². The predicted molar refractivity (Wildman–Crippen MR) is 71.3 cm³/mol. The highest BCUT2D eigenvalue weighted by Gasteiger charge is 2.21. The van der Waals surface area contributed by atoms with Crippen molar-refractivity contribution in [2.45, 2.75) is 12.8 Å². The molecule has 2 aromatic rings. The third kappa shape index (κ3) is 2.18. The highest BCUT2D eigenvalue weighted by Crippen LogP contribution is 2.31.